The maximum absolute atomic E-state index is 12.4. The van der Waals surface area contributed by atoms with Crippen molar-refractivity contribution < 1.29 is 17.4 Å². The zero-order valence-corrected chi connectivity index (χ0v) is 9.72. The number of hydrogen-bond donors (Lipinski definition) is 2. The van der Waals surface area contributed by atoms with E-state index >= 15 is 0 Å². The molecule has 6 nitrogen and oxygen atoms in total. The van der Waals surface area contributed by atoms with Crippen LogP contribution < -0.4 is 11.3 Å². The van der Waals surface area contributed by atoms with Crippen LogP contribution in [0.4, 0.5) is 19.1 Å². The van der Waals surface area contributed by atoms with Crippen LogP contribution in [0.25, 0.3) is 11.0 Å². The van der Waals surface area contributed by atoms with Crippen molar-refractivity contribution in [2.45, 2.75) is 10.4 Å². The Balaban J connectivity index is 2.83. The maximum atomic E-state index is 12.4. The van der Waals surface area contributed by atoms with E-state index in [1.165, 1.54) is 11.6 Å². The molecule has 3 N–H and O–H groups in total. The lowest BCUT2D eigenvalue weighted by molar-refractivity contribution is -0.0384. The average molecular weight is 280 g/mol. The summed E-state index contributed by atoms with van der Waals surface area (Å²) in [6.07, 6.45) is 0.954. The van der Waals surface area contributed by atoms with Gasteiger partial charge < -0.3 is 10.3 Å². The molecule has 0 spiro atoms. The lowest BCUT2D eigenvalue weighted by Crippen LogP contribution is -2.18. The third-order valence-corrected chi connectivity index (χ3v) is 3.35. The van der Waals surface area contributed by atoms with Gasteiger partial charge in [0.05, 0.1) is 4.90 Å². The van der Waals surface area contributed by atoms with E-state index in [0.29, 0.717) is 0 Å². The molecule has 18 heavy (non-hydrogen) atoms. The quantitative estimate of drug-likeness (QED) is 0.794. The number of aromatic amines is 1. The molecule has 1 unspecified atom stereocenters. The van der Waals surface area contributed by atoms with Gasteiger partial charge in [0.1, 0.15) is 5.39 Å². The van der Waals surface area contributed by atoms with Gasteiger partial charge in [-0.15, -0.1) is 0 Å². The van der Waals surface area contributed by atoms with E-state index in [9.17, 15) is 22.2 Å². The van der Waals surface area contributed by atoms with Crippen LogP contribution in [0.15, 0.2) is 15.9 Å². The van der Waals surface area contributed by atoms with Gasteiger partial charge in [0, 0.05) is 13.2 Å². The molecule has 10 heteroatoms. The number of hydrogen-bond acceptors (Lipinski definition) is 4. The Labute approximate surface area is 100 Å². The second-order valence-corrected chi connectivity index (χ2v) is 4.91. The van der Waals surface area contributed by atoms with Gasteiger partial charge in [-0.2, -0.15) is 18.2 Å². The molecule has 0 aliphatic carbocycles. The Morgan fingerprint density at radius 2 is 2.11 bits per heavy atom. The predicted molar refractivity (Wildman–Crippen MR) is 58.2 cm³/mol. The van der Waals surface area contributed by atoms with Crippen LogP contribution in [0.2, 0.25) is 0 Å². The van der Waals surface area contributed by atoms with Gasteiger partial charge in [-0.1, -0.05) is 0 Å². The molecule has 0 aromatic carbocycles. The minimum atomic E-state index is -4.94. The first kappa shape index (κ1) is 12.6. The normalized spacial score (nSPS) is 14.0. The number of anilines is 1. The number of nitrogen functional groups attached to an aromatic ring is 1. The van der Waals surface area contributed by atoms with Crippen molar-refractivity contribution >= 4 is 27.8 Å². The zero-order valence-electron chi connectivity index (χ0n) is 8.91. The molecule has 2 aromatic heterocycles. The second kappa shape index (κ2) is 3.83. The lowest BCUT2D eigenvalue weighted by atomic mass is 10.4. The summed E-state index contributed by atoms with van der Waals surface area (Å²) in [7, 11) is -1.91. The van der Waals surface area contributed by atoms with Gasteiger partial charge in [-0.3, -0.25) is 9.78 Å². The van der Waals surface area contributed by atoms with Crippen molar-refractivity contribution in [3.05, 3.63) is 16.6 Å². The van der Waals surface area contributed by atoms with E-state index in [1.807, 2.05) is 0 Å². The highest BCUT2D eigenvalue weighted by Gasteiger charge is 2.40. The van der Waals surface area contributed by atoms with Gasteiger partial charge >= 0.3 is 5.51 Å². The molecular weight excluding hydrogens is 273 g/mol. The molecule has 0 fully saturated rings. The molecule has 98 valence electrons. The first-order valence-corrected chi connectivity index (χ1v) is 5.70. The summed E-state index contributed by atoms with van der Waals surface area (Å²) in [6.45, 7) is 0. The van der Waals surface area contributed by atoms with Crippen LogP contribution in [0, 0.1) is 0 Å². The molecular formula is C8H7F3N4O2S. The standard InChI is InChI=1S/C8H7F3N4O2S/c1-15-2-3(18(17)8(9,10)11)4-5(15)13-7(12)14-6(4)16/h2H,1H3,(H3,12,13,14,16). The van der Waals surface area contributed by atoms with Crippen LogP contribution in [-0.4, -0.2) is 24.3 Å². The SMILES string of the molecule is Cn1cc(S(=O)C(F)(F)F)c2c(=O)[nH]c(N)nc21. The molecule has 0 saturated carbocycles. The number of nitrogens with one attached hydrogen (secondary N) is 1. The van der Waals surface area contributed by atoms with Crippen molar-refractivity contribution in [2.24, 2.45) is 7.05 Å². The van der Waals surface area contributed by atoms with Crippen molar-refractivity contribution in [1.82, 2.24) is 14.5 Å². The molecule has 0 bridgehead atoms. The molecule has 0 amide bonds. The number of alkyl halides is 3. The first-order valence-electron chi connectivity index (χ1n) is 4.55. The highest BCUT2D eigenvalue weighted by Crippen LogP contribution is 2.30. The number of H-pyrrole nitrogens is 1. The minimum Gasteiger partial charge on any atom is -0.369 e. The van der Waals surface area contributed by atoms with Crippen LogP contribution in [0.3, 0.4) is 0 Å². The Bertz CT molecular complexity index is 703. The van der Waals surface area contributed by atoms with Crippen molar-refractivity contribution in [3.63, 3.8) is 0 Å². The van der Waals surface area contributed by atoms with Gasteiger partial charge in [0.15, 0.2) is 16.4 Å². The Kier molecular flexibility index (Phi) is 2.69. The molecule has 2 aromatic rings. The van der Waals surface area contributed by atoms with Crippen LogP contribution >= 0.6 is 0 Å². The van der Waals surface area contributed by atoms with Crippen molar-refractivity contribution in [2.75, 3.05) is 5.73 Å². The number of fused-ring (bicyclic) bond motifs is 1. The summed E-state index contributed by atoms with van der Waals surface area (Å²) < 4.78 is 49.7. The number of halogens is 3. The molecule has 0 saturated heterocycles. The summed E-state index contributed by atoms with van der Waals surface area (Å²) in [6, 6.07) is 0. The highest BCUT2D eigenvalue weighted by atomic mass is 32.2. The number of rotatable bonds is 1. The van der Waals surface area contributed by atoms with Crippen LogP contribution in [0.5, 0.6) is 0 Å². The second-order valence-electron chi connectivity index (χ2n) is 3.47. The molecule has 0 radical (unpaired) electrons. The largest absolute Gasteiger partial charge is 0.475 e. The highest BCUT2D eigenvalue weighted by molar-refractivity contribution is 7.86. The topological polar surface area (TPSA) is 93.8 Å². The fraction of sp³-hybridized carbons (Fsp3) is 0.250. The van der Waals surface area contributed by atoms with Gasteiger partial charge in [0.2, 0.25) is 5.95 Å². The first-order chi connectivity index (χ1) is 8.21. The molecule has 0 aliphatic rings. The number of aromatic nitrogens is 3. The van der Waals surface area contributed by atoms with Crippen molar-refractivity contribution in [1.29, 1.82) is 0 Å². The Morgan fingerprint density at radius 3 is 2.67 bits per heavy atom. The number of aryl methyl sites for hydroxylation is 1. The monoisotopic (exact) mass is 280 g/mol. The molecule has 1 atom stereocenters. The fourth-order valence-corrected chi connectivity index (χ4v) is 2.40. The van der Waals surface area contributed by atoms with Gasteiger partial charge in [-0.25, -0.2) is 4.21 Å². The predicted octanol–water partition coefficient (Wildman–Crippen LogP) is 0.471. The van der Waals surface area contributed by atoms with Gasteiger partial charge in [-0.05, 0) is 0 Å². The smallest absolute Gasteiger partial charge is 0.369 e. The summed E-state index contributed by atoms with van der Waals surface area (Å²) in [4.78, 5) is 16.7. The van der Waals surface area contributed by atoms with Crippen LogP contribution in [0.1, 0.15) is 0 Å². The summed E-state index contributed by atoms with van der Waals surface area (Å²) in [5.74, 6) is -0.224. The Hall–Kier alpha value is -1.84. The third-order valence-electron chi connectivity index (χ3n) is 2.22. The fourth-order valence-electron chi connectivity index (χ4n) is 1.52. The van der Waals surface area contributed by atoms with E-state index in [0.717, 1.165) is 6.20 Å². The van der Waals surface area contributed by atoms with Crippen molar-refractivity contribution in [3.8, 4) is 0 Å². The van der Waals surface area contributed by atoms with Gasteiger partial charge in [0.25, 0.3) is 5.56 Å². The van der Waals surface area contributed by atoms with E-state index in [4.69, 9.17) is 5.73 Å². The maximum Gasteiger partial charge on any atom is 0.475 e. The molecule has 2 rings (SSSR count). The summed E-state index contributed by atoms with van der Waals surface area (Å²) in [5.41, 5.74) is -0.564. The third kappa shape index (κ3) is 1.88. The van der Waals surface area contributed by atoms with E-state index in [2.05, 4.69) is 9.97 Å². The Morgan fingerprint density at radius 1 is 1.50 bits per heavy atom. The summed E-state index contributed by atoms with van der Waals surface area (Å²) >= 11 is 0. The summed E-state index contributed by atoms with van der Waals surface area (Å²) in [5, 5.41) is -0.373. The lowest BCUT2D eigenvalue weighted by Gasteiger charge is -2.03. The minimum absolute atomic E-state index is 0.0520. The molecule has 2 heterocycles. The molecule has 0 aliphatic heterocycles. The number of nitrogens with zero attached hydrogens (tertiary/aromatic N) is 2. The van der Waals surface area contributed by atoms with E-state index in [1.54, 1.807) is 0 Å². The van der Waals surface area contributed by atoms with Crippen LogP contribution in [-0.2, 0) is 17.8 Å². The van der Waals surface area contributed by atoms with E-state index in [-0.39, 0.29) is 17.0 Å². The zero-order chi connectivity index (χ0) is 13.7. The number of nitrogens with two attached hydrogens (primary N) is 1. The average Bonchev–Trinajstić information content (AvgIpc) is 2.54. The van der Waals surface area contributed by atoms with E-state index < -0.39 is 26.8 Å².